The summed E-state index contributed by atoms with van der Waals surface area (Å²) >= 11 is 0. The van der Waals surface area contributed by atoms with Gasteiger partial charge in [-0.2, -0.15) is 0 Å². The van der Waals surface area contributed by atoms with Crippen molar-refractivity contribution in [3.8, 4) is 0 Å². The summed E-state index contributed by atoms with van der Waals surface area (Å²) in [6.07, 6.45) is 12.3. The fraction of sp³-hybridized carbons (Fsp3) is 0.765. The zero-order valence-electron chi connectivity index (χ0n) is 46.1. The number of unbranched alkanes of at least 4 members (excludes halogenated alkanes) is 13. The lowest BCUT2D eigenvalue weighted by atomic mass is 10.0. The number of carbonyl (C=O) groups is 12. The second-order valence-corrected chi connectivity index (χ2v) is 19.1. The summed E-state index contributed by atoms with van der Waals surface area (Å²) < 4.78 is 10.8. The molecule has 16 N–H and O–H groups in total. The zero-order chi connectivity index (χ0) is 60.1. The molecule has 0 aliphatic heterocycles. The molecule has 80 heavy (non-hydrogen) atoms. The van der Waals surface area contributed by atoms with Crippen molar-refractivity contribution in [1.29, 1.82) is 0 Å². The van der Waals surface area contributed by atoms with Gasteiger partial charge in [-0.05, 0) is 58.4 Å². The van der Waals surface area contributed by atoms with E-state index in [1.165, 1.54) is 39.2 Å². The number of nitrogens with one attached hydrogen (secondary N) is 8. The molecule has 0 heterocycles. The van der Waals surface area contributed by atoms with Crippen molar-refractivity contribution in [3.63, 3.8) is 0 Å². The molecule has 0 aromatic rings. The SMILES string of the molecule is CN[C@@H](CCC(=O)O)C(=O)N[C@@H](CCC(=O)O)C(=O)N[C@@H](CO)C(=O)N[C@@H](CO)C(=O)N[C@@H](CCC(=O)O)C(=O)N[C@@H](CCCCNC(=O)COCCOCCNC(=O)CCCCCCCCCCCCCCCC(=O)O)C(N)=O. The summed E-state index contributed by atoms with van der Waals surface area (Å²) in [5.74, 6) is -11.8. The Labute approximate surface area is 466 Å². The minimum atomic E-state index is -1.88. The van der Waals surface area contributed by atoms with Crippen LogP contribution in [-0.2, 0) is 67.0 Å². The molecule has 0 fully saturated rings. The van der Waals surface area contributed by atoms with Crippen molar-refractivity contribution in [1.82, 2.24) is 42.5 Å². The van der Waals surface area contributed by atoms with Crippen LogP contribution in [0.4, 0.5) is 0 Å². The molecular formula is C51H89N9O20. The summed E-state index contributed by atoms with van der Waals surface area (Å²) in [5.41, 5.74) is 5.51. The lowest BCUT2D eigenvalue weighted by molar-refractivity contribution is -0.140. The number of carboxylic acid groups (broad SMARTS) is 4. The number of aliphatic hydroxyl groups excluding tert-OH is 2. The smallest absolute Gasteiger partial charge is 0.303 e. The van der Waals surface area contributed by atoms with Gasteiger partial charge in [-0.1, -0.05) is 70.6 Å². The highest BCUT2D eigenvalue weighted by atomic mass is 16.5. The normalized spacial score (nSPS) is 13.2. The number of hydrogen-bond acceptors (Lipinski definition) is 17. The van der Waals surface area contributed by atoms with Gasteiger partial charge in [0, 0.05) is 45.2 Å². The van der Waals surface area contributed by atoms with Gasteiger partial charge >= 0.3 is 23.9 Å². The van der Waals surface area contributed by atoms with Gasteiger partial charge in [0.15, 0.2) is 0 Å². The lowest BCUT2D eigenvalue weighted by Gasteiger charge is -2.26. The molecule has 0 aromatic heterocycles. The molecule has 29 heteroatoms. The second-order valence-electron chi connectivity index (χ2n) is 19.1. The first-order chi connectivity index (χ1) is 38.1. The third-order valence-electron chi connectivity index (χ3n) is 12.4. The largest absolute Gasteiger partial charge is 0.481 e. The number of amides is 8. The van der Waals surface area contributed by atoms with Gasteiger partial charge in [-0.15, -0.1) is 0 Å². The molecule has 0 unspecified atom stereocenters. The summed E-state index contributed by atoms with van der Waals surface area (Å²) in [7, 11) is 1.34. The second kappa shape index (κ2) is 46.2. The predicted octanol–water partition coefficient (Wildman–Crippen LogP) is -1.57. The van der Waals surface area contributed by atoms with Crippen LogP contribution >= 0.6 is 0 Å². The van der Waals surface area contributed by atoms with Crippen molar-refractivity contribution in [3.05, 3.63) is 0 Å². The van der Waals surface area contributed by atoms with Crippen molar-refractivity contribution >= 4 is 71.1 Å². The molecule has 29 nitrogen and oxygen atoms in total. The number of nitrogens with two attached hydrogens (primary N) is 1. The van der Waals surface area contributed by atoms with Crippen LogP contribution in [0.2, 0.25) is 0 Å². The fourth-order valence-corrected chi connectivity index (χ4v) is 7.78. The van der Waals surface area contributed by atoms with E-state index in [2.05, 4.69) is 42.5 Å². The number of carbonyl (C=O) groups excluding carboxylic acids is 8. The topological polar surface area (TPSA) is 467 Å². The first-order valence-electron chi connectivity index (χ1n) is 27.4. The van der Waals surface area contributed by atoms with Gasteiger partial charge < -0.3 is 88.4 Å². The van der Waals surface area contributed by atoms with Crippen LogP contribution in [0.1, 0.15) is 154 Å². The van der Waals surface area contributed by atoms with Gasteiger partial charge in [0.05, 0.1) is 39.1 Å². The maximum absolute atomic E-state index is 13.3. The molecule has 6 atom stereocenters. The standard InChI is InChI=1S/C51H89N9O20/c1-53-35(20-23-43(67)68)47(74)57-37(22-25-45(71)72)49(76)59-39(32-62)51(78)60-38(31-61)50(77)58-36(21-24-44(69)70)48(75)56-34(46(52)73)17-15-16-26-54-41(64)33-80-30-29-79-28-27-55-40(63)18-13-11-9-7-5-3-2-4-6-8-10-12-14-19-42(65)66/h34-39,53,61-62H,2-33H2,1H3,(H2,52,73)(H,54,64)(H,55,63)(H,56,75)(H,57,74)(H,58,77)(H,59,76)(H,60,78)(H,65,66)(H,67,68)(H,69,70)(H,71,72)/t34-,35-,36-,37-,38-,39-/m0/s1. The average molecular weight is 1150 g/mol. The number of primary amides is 1. The monoisotopic (exact) mass is 1150 g/mol. The quantitative estimate of drug-likeness (QED) is 0.0306. The van der Waals surface area contributed by atoms with E-state index in [-0.39, 0.29) is 64.6 Å². The molecule has 0 aliphatic rings. The third kappa shape index (κ3) is 38.9. The minimum absolute atomic E-state index is 0.0407. The van der Waals surface area contributed by atoms with Crippen molar-refractivity contribution in [2.75, 3.05) is 59.8 Å². The summed E-state index contributed by atoms with van der Waals surface area (Å²) in [4.78, 5) is 147. The van der Waals surface area contributed by atoms with Crippen LogP contribution in [0.15, 0.2) is 0 Å². The highest BCUT2D eigenvalue weighted by Crippen LogP contribution is 2.14. The van der Waals surface area contributed by atoms with E-state index in [1.807, 2.05) is 0 Å². The maximum Gasteiger partial charge on any atom is 0.303 e. The molecule has 0 aliphatic carbocycles. The number of aliphatic carboxylic acids is 4. The van der Waals surface area contributed by atoms with Crippen LogP contribution in [-0.4, -0.2) is 198 Å². The number of carboxylic acids is 4. The first kappa shape index (κ1) is 73.4. The van der Waals surface area contributed by atoms with Gasteiger partial charge in [-0.25, -0.2) is 0 Å². The van der Waals surface area contributed by atoms with E-state index in [9.17, 15) is 78.0 Å². The van der Waals surface area contributed by atoms with Crippen LogP contribution < -0.4 is 48.3 Å². The van der Waals surface area contributed by atoms with E-state index < -0.39 is 147 Å². The van der Waals surface area contributed by atoms with Gasteiger partial charge in [0.2, 0.25) is 47.3 Å². The van der Waals surface area contributed by atoms with Crippen LogP contribution in [0.25, 0.3) is 0 Å². The Morgan fingerprint density at radius 3 is 1.16 bits per heavy atom. The minimum Gasteiger partial charge on any atom is -0.481 e. The maximum atomic E-state index is 13.3. The van der Waals surface area contributed by atoms with Gasteiger partial charge in [0.1, 0.15) is 36.8 Å². The molecule has 0 saturated carbocycles. The Kier molecular flexibility index (Phi) is 42.4. The Balaban J connectivity index is 4.77. The highest BCUT2D eigenvalue weighted by molar-refractivity contribution is 5.97. The van der Waals surface area contributed by atoms with E-state index >= 15 is 0 Å². The number of hydrogen-bond donors (Lipinski definition) is 15. The molecule has 0 spiro atoms. The molecular weight excluding hydrogens is 1060 g/mol. The molecule has 0 radical (unpaired) electrons. The highest BCUT2D eigenvalue weighted by Gasteiger charge is 2.33. The molecule has 0 rings (SSSR count). The molecule has 0 bridgehead atoms. The number of ether oxygens (including phenoxy) is 2. The van der Waals surface area contributed by atoms with E-state index in [4.69, 9.17) is 25.4 Å². The Morgan fingerprint density at radius 1 is 0.375 bits per heavy atom. The number of rotatable bonds is 52. The van der Waals surface area contributed by atoms with Crippen LogP contribution in [0, 0.1) is 0 Å². The van der Waals surface area contributed by atoms with Gasteiger partial charge in [0.25, 0.3) is 0 Å². The first-order valence-corrected chi connectivity index (χ1v) is 27.4. The van der Waals surface area contributed by atoms with Crippen LogP contribution in [0.3, 0.4) is 0 Å². The van der Waals surface area contributed by atoms with E-state index in [0.29, 0.717) is 19.4 Å². The Hall–Kier alpha value is -6.56. The summed E-state index contributed by atoms with van der Waals surface area (Å²) in [5, 5.41) is 75.1. The molecule has 458 valence electrons. The van der Waals surface area contributed by atoms with Gasteiger partial charge in [-0.3, -0.25) is 57.5 Å². The fourth-order valence-electron chi connectivity index (χ4n) is 7.78. The van der Waals surface area contributed by atoms with Crippen molar-refractivity contribution < 1.29 is 97.6 Å². The Morgan fingerprint density at radius 2 is 0.738 bits per heavy atom. The lowest BCUT2D eigenvalue weighted by Crippen LogP contribution is -2.60. The molecule has 0 aromatic carbocycles. The summed E-state index contributed by atoms with van der Waals surface area (Å²) in [6, 6.07) is -9.49. The average Bonchev–Trinajstić information content (AvgIpc) is 3.40. The van der Waals surface area contributed by atoms with Crippen molar-refractivity contribution in [2.24, 2.45) is 5.73 Å². The van der Waals surface area contributed by atoms with E-state index in [1.54, 1.807) is 0 Å². The number of aliphatic hydroxyl groups is 2. The predicted molar refractivity (Wildman–Crippen MR) is 285 cm³/mol. The summed E-state index contributed by atoms with van der Waals surface area (Å²) in [6.45, 7) is -1.45. The zero-order valence-corrected chi connectivity index (χ0v) is 46.1. The van der Waals surface area contributed by atoms with Crippen molar-refractivity contribution in [2.45, 2.75) is 190 Å². The molecule has 8 amide bonds. The van der Waals surface area contributed by atoms with E-state index in [0.717, 1.165) is 51.4 Å². The van der Waals surface area contributed by atoms with Crippen LogP contribution in [0.5, 0.6) is 0 Å². The Bertz CT molecular complexity index is 1910. The molecule has 0 saturated heterocycles. The third-order valence-corrected chi connectivity index (χ3v) is 12.4. The number of likely N-dealkylation sites (N-methyl/N-ethyl adjacent to an activating group) is 1.